The second-order valence-electron chi connectivity index (χ2n) is 6.32. The summed E-state index contributed by atoms with van der Waals surface area (Å²) >= 11 is 12.1. The first kappa shape index (κ1) is 15.9. The fourth-order valence-corrected chi connectivity index (χ4v) is 3.64. The molecule has 0 aliphatic carbocycles. The Morgan fingerprint density at radius 2 is 2.12 bits per heavy atom. The minimum atomic E-state index is 0.000159. The highest BCUT2D eigenvalue weighted by Gasteiger charge is 2.33. The lowest BCUT2D eigenvalue weighted by Crippen LogP contribution is -2.17. The maximum Gasteiger partial charge on any atom is 0.145 e. The normalized spacial score (nSPS) is 23.9. The Labute approximate surface area is 150 Å². The van der Waals surface area contributed by atoms with Crippen molar-refractivity contribution < 1.29 is 4.74 Å². The molecule has 6 heteroatoms. The average Bonchev–Trinajstić information content (AvgIpc) is 3.15. The molecule has 1 aliphatic heterocycles. The summed E-state index contributed by atoms with van der Waals surface area (Å²) in [5, 5.41) is 2.20. The van der Waals surface area contributed by atoms with E-state index in [1.54, 1.807) is 6.33 Å². The van der Waals surface area contributed by atoms with Crippen LogP contribution in [0.5, 0.6) is 0 Å². The van der Waals surface area contributed by atoms with E-state index in [4.69, 9.17) is 27.9 Å². The molecule has 2 aromatic heterocycles. The summed E-state index contributed by atoms with van der Waals surface area (Å²) in [6.45, 7) is 2.23. The third kappa shape index (κ3) is 2.90. The lowest BCUT2D eigenvalue weighted by atomic mass is 9.97. The van der Waals surface area contributed by atoms with E-state index in [1.165, 1.54) is 0 Å². The van der Waals surface area contributed by atoms with Crippen molar-refractivity contribution in [1.29, 1.82) is 0 Å². The van der Waals surface area contributed by atoms with Crippen molar-refractivity contribution in [3.05, 3.63) is 58.6 Å². The van der Waals surface area contributed by atoms with Crippen LogP contribution in [0.25, 0.3) is 11.0 Å². The fourth-order valence-electron chi connectivity index (χ4n) is 3.32. The summed E-state index contributed by atoms with van der Waals surface area (Å²) in [4.78, 5) is 8.45. The van der Waals surface area contributed by atoms with Crippen LogP contribution in [-0.2, 0) is 11.2 Å². The third-order valence-corrected chi connectivity index (χ3v) is 5.39. The van der Waals surface area contributed by atoms with Gasteiger partial charge in [-0.2, -0.15) is 0 Å². The van der Waals surface area contributed by atoms with Gasteiger partial charge in [0.15, 0.2) is 0 Å². The van der Waals surface area contributed by atoms with Gasteiger partial charge in [0.05, 0.1) is 16.1 Å². The van der Waals surface area contributed by atoms with E-state index < -0.39 is 0 Å². The molecule has 1 saturated heterocycles. The number of hydrogen-bond acceptors (Lipinski definition) is 3. The third-order valence-electron chi connectivity index (χ3n) is 4.65. The van der Waals surface area contributed by atoms with E-state index in [-0.39, 0.29) is 12.3 Å². The van der Waals surface area contributed by atoms with Crippen LogP contribution in [0.3, 0.4) is 0 Å². The zero-order valence-corrected chi connectivity index (χ0v) is 14.7. The maximum atomic E-state index is 6.33. The van der Waals surface area contributed by atoms with Gasteiger partial charge >= 0.3 is 0 Å². The van der Waals surface area contributed by atoms with Crippen molar-refractivity contribution in [3.8, 4) is 0 Å². The summed E-state index contributed by atoms with van der Waals surface area (Å²) in [6.07, 6.45) is 7.35. The van der Waals surface area contributed by atoms with Crippen LogP contribution in [-0.4, -0.2) is 20.6 Å². The van der Waals surface area contributed by atoms with Crippen LogP contribution in [0.1, 0.15) is 25.1 Å². The van der Waals surface area contributed by atoms with Gasteiger partial charge in [-0.1, -0.05) is 36.2 Å². The Hall–Kier alpha value is -1.62. The van der Waals surface area contributed by atoms with E-state index in [0.29, 0.717) is 16.0 Å². The van der Waals surface area contributed by atoms with Gasteiger partial charge in [-0.25, -0.2) is 9.97 Å². The smallest absolute Gasteiger partial charge is 0.145 e. The summed E-state index contributed by atoms with van der Waals surface area (Å²) < 4.78 is 8.43. The largest absolute Gasteiger partial charge is 0.354 e. The minimum absolute atomic E-state index is 0.000159. The van der Waals surface area contributed by atoms with Gasteiger partial charge in [-0.3, -0.25) is 0 Å². The Morgan fingerprint density at radius 3 is 2.96 bits per heavy atom. The SMILES string of the molecule is CC1CC(n2ccc3cncnc32)OC1Cc1ccc(Cl)c(Cl)c1. The first-order chi connectivity index (χ1) is 11.6. The second-order valence-corrected chi connectivity index (χ2v) is 7.13. The van der Waals surface area contributed by atoms with E-state index in [9.17, 15) is 0 Å². The van der Waals surface area contributed by atoms with Gasteiger partial charge in [0, 0.05) is 17.8 Å². The summed E-state index contributed by atoms with van der Waals surface area (Å²) in [7, 11) is 0. The lowest BCUT2D eigenvalue weighted by molar-refractivity contribution is -0.000773. The zero-order chi connectivity index (χ0) is 16.7. The van der Waals surface area contributed by atoms with Crippen LogP contribution in [0.2, 0.25) is 10.0 Å². The van der Waals surface area contributed by atoms with Crippen molar-refractivity contribution in [1.82, 2.24) is 14.5 Å². The van der Waals surface area contributed by atoms with Gasteiger partial charge in [0.25, 0.3) is 0 Å². The molecule has 3 atom stereocenters. The molecule has 3 aromatic rings. The summed E-state index contributed by atoms with van der Waals surface area (Å²) in [6, 6.07) is 7.80. The van der Waals surface area contributed by atoms with Crippen molar-refractivity contribution in [2.24, 2.45) is 5.92 Å². The number of aromatic nitrogens is 3. The number of hydrogen-bond donors (Lipinski definition) is 0. The van der Waals surface area contributed by atoms with Crippen LogP contribution >= 0.6 is 23.2 Å². The number of benzene rings is 1. The number of ether oxygens (including phenoxy) is 1. The second kappa shape index (κ2) is 6.36. The molecule has 0 bridgehead atoms. The summed E-state index contributed by atoms with van der Waals surface area (Å²) in [5.41, 5.74) is 2.05. The van der Waals surface area contributed by atoms with Crippen LogP contribution in [0, 0.1) is 5.92 Å². The molecule has 0 spiro atoms. The standard InChI is InChI=1S/C18H17Cl2N3O/c1-11-6-17(23-5-4-13-9-21-10-22-18(13)23)24-16(11)8-12-2-3-14(19)15(20)7-12/h2-5,7,9-11,16-17H,6,8H2,1H3. The molecule has 3 heterocycles. The van der Waals surface area contributed by atoms with Crippen molar-refractivity contribution in [2.75, 3.05) is 0 Å². The average molecular weight is 362 g/mol. The minimum Gasteiger partial charge on any atom is -0.354 e. The molecule has 0 N–H and O–H groups in total. The van der Waals surface area contributed by atoms with Crippen molar-refractivity contribution in [3.63, 3.8) is 0 Å². The van der Waals surface area contributed by atoms with Gasteiger partial charge < -0.3 is 9.30 Å². The first-order valence-electron chi connectivity index (χ1n) is 7.98. The monoisotopic (exact) mass is 361 g/mol. The Bertz CT molecular complexity index is 880. The number of nitrogens with zero attached hydrogens (tertiary/aromatic N) is 3. The molecule has 0 amide bonds. The van der Waals surface area contributed by atoms with Gasteiger partial charge in [-0.05, 0) is 42.5 Å². The molecule has 124 valence electrons. The van der Waals surface area contributed by atoms with Gasteiger partial charge in [0.2, 0.25) is 0 Å². The molecule has 1 aromatic carbocycles. The van der Waals surface area contributed by atoms with E-state index in [0.717, 1.165) is 29.4 Å². The Morgan fingerprint density at radius 1 is 1.25 bits per heavy atom. The topological polar surface area (TPSA) is 39.9 Å². The highest BCUT2D eigenvalue weighted by atomic mass is 35.5. The van der Waals surface area contributed by atoms with E-state index in [2.05, 4.69) is 21.5 Å². The fraction of sp³-hybridized carbons (Fsp3) is 0.333. The predicted molar refractivity (Wildman–Crippen MR) is 95.4 cm³/mol. The molecule has 0 saturated carbocycles. The molecule has 4 nitrogen and oxygen atoms in total. The van der Waals surface area contributed by atoms with E-state index in [1.807, 2.05) is 36.7 Å². The van der Waals surface area contributed by atoms with Crippen molar-refractivity contribution in [2.45, 2.75) is 32.1 Å². The quantitative estimate of drug-likeness (QED) is 0.665. The lowest BCUT2D eigenvalue weighted by Gasteiger charge is -2.17. The van der Waals surface area contributed by atoms with Gasteiger partial charge in [-0.15, -0.1) is 0 Å². The number of fused-ring (bicyclic) bond motifs is 1. The van der Waals surface area contributed by atoms with Gasteiger partial charge in [0.1, 0.15) is 18.2 Å². The van der Waals surface area contributed by atoms with Crippen LogP contribution in [0.4, 0.5) is 0 Å². The molecule has 4 rings (SSSR count). The predicted octanol–water partition coefficient (Wildman–Crippen LogP) is 4.90. The number of rotatable bonds is 3. The summed E-state index contributed by atoms with van der Waals surface area (Å²) in [5.74, 6) is 0.448. The highest BCUT2D eigenvalue weighted by molar-refractivity contribution is 6.42. The molecule has 1 aliphatic rings. The first-order valence-corrected chi connectivity index (χ1v) is 8.73. The molecule has 24 heavy (non-hydrogen) atoms. The maximum absolute atomic E-state index is 6.33. The molecule has 0 radical (unpaired) electrons. The molecular weight excluding hydrogens is 345 g/mol. The zero-order valence-electron chi connectivity index (χ0n) is 13.2. The van der Waals surface area contributed by atoms with Crippen LogP contribution in [0.15, 0.2) is 43.0 Å². The molecule has 3 unspecified atom stereocenters. The highest BCUT2D eigenvalue weighted by Crippen LogP contribution is 2.37. The molecule has 1 fully saturated rings. The van der Waals surface area contributed by atoms with E-state index >= 15 is 0 Å². The Kier molecular flexibility index (Phi) is 4.21. The molecular formula is C18H17Cl2N3O. The van der Waals surface area contributed by atoms with Crippen LogP contribution < -0.4 is 0 Å². The van der Waals surface area contributed by atoms with Crippen molar-refractivity contribution >= 4 is 34.2 Å². The number of halogens is 2. The Balaban J connectivity index is 1.54.